The first kappa shape index (κ1) is 15.9. The molecule has 1 aromatic heterocycles. The van der Waals surface area contributed by atoms with Crippen LogP contribution in [0.3, 0.4) is 0 Å². The number of aliphatic hydroxyl groups is 1. The number of aromatic nitrogens is 1. The zero-order chi connectivity index (χ0) is 16.6. The second kappa shape index (κ2) is 6.28. The summed E-state index contributed by atoms with van der Waals surface area (Å²) >= 11 is 12.3. The highest BCUT2D eigenvalue weighted by atomic mass is 35.5. The fourth-order valence-electron chi connectivity index (χ4n) is 2.26. The van der Waals surface area contributed by atoms with Gasteiger partial charge in [0.1, 0.15) is 17.3 Å². The average Bonchev–Trinajstić information content (AvgIpc) is 2.90. The number of aliphatic hydroxyl groups excluding tert-OH is 1. The summed E-state index contributed by atoms with van der Waals surface area (Å²) in [5.74, 6) is -1.55. The predicted molar refractivity (Wildman–Crippen MR) is 83.2 cm³/mol. The van der Waals surface area contributed by atoms with Gasteiger partial charge in [0.05, 0.1) is 27.8 Å². The average molecular weight is 356 g/mol. The smallest absolute Gasteiger partial charge is 0.175 e. The quantitative estimate of drug-likeness (QED) is 0.711. The van der Waals surface area contributed by atoms with Gasteiger partial charge in [0.15, 0.2) is 5.76 Å². The Morgan fingerprint density at radius 2 is 1.78 bits per heavy atom. The molecule has 3 nitrogen and oxygen atoms in total. The molecule has 0 amide bonds. The minimum Gasteiger partial charge on any atom is -0.391 e. The van der Waals surface area contributed by atoms with E-state index in [-0.39, 0.29) is 22.6 Å². The maximum atomic E-state index is 14.0. The predicted octanol–water partition coefficient (Wildman–Crippen LogP) is 5.09. The molecule has 0 fully saturated rings. The molecule has 0 unspecified atom stereocenters. The van der Waals surface area contributed by atoms with Gasteiger partial charge in [-0.2, -0.15) is 0 Å². The molecule has 118 valence electrons. The van der Waals surface area contributed by atoms with Crippen LogP contribution in [-0.4, -0.2) is 10.3 Å². The van der Waals surface area contributed by atoms with Gasteiger partial charge in [0.25, 0.3) is 0 Å². The number of benzene rings is 2. The number of rotatable bonds is 3. The highest BCUT2D eigenvalue weighted by Gasteiger charge is 2.23. The lowest BCUT2D eigenvalue weighted by Gasteiger charge is -2.06. The molecule has 2 aromatic carbocycles. The zero-order valence-electron chi connectivity index (χ0n) is 11.5. The third-order valence-electron chi connectivity index (χ3n) is 3.32. The summed E-state index contributed by atoms with van der Waals surface area (Å²) in [6.07, 6.45) is 0. The Hall–Kier alpha value is -1.95. The maximum absolute atomic E-state index is 14.0. The van der Waals surface area contributed by atoms with E-state index in [0.717, 1.165) is 12.1 Å². The molecule has 0 bridgehead atoms. The van der Waals surface area contributed by atoms with Crippen molar-refractivity contribution in [3.8, 4) is 22.6 Å². The third-order valence-corrected chi connectivity index (χ3v) is 3.95. The fourth-order valence-corrected chi connectivity index (χ4v) is 2.84. The standard InChI is InChI=1S/C16H9Cl2F2NO2/c17-11-2-1-3-12(18)14(11)15-10(7-22)16(23-21-15)9-5-4-8(19)6-13(9)20/h1-6,22H,7H2. The van der Waals surface area contributed by atoms with Crippen molar-refractivity contribution >= 4 is 23.2 Å². The van der Waals surface area contributed by atoms with E-state index in [1.165, 1.54) is 6.07 Å². The van der Waals surface area contributed by atoms with E-state index in [2.05, 4.69) is 5.16 Å². The van der Waals surface area contributed by atoms with Crippen LogP contribution in [0.15, 0.2) is 40.9 Å². The normalized spacial score (nSPS) is 11.0. The Morgan fingerprint density at radius 1 is 1.09 bits per heavy atom. The number of halogens is 4. The molecular formula is C16H9Cl2F2NO2. The van der Waals surface area contributed by atoms with E-state index in [1.54, 1.807) is 18.2 Å². The minimum atomic E-state index is -0.826. The van der Waals surface area contributed by atoms with Crippen molar-refractivity contribution < 1.29 is 18.4 Å². The molecule has 0 saturated heterocycles. The number of hydrogen-bond donors (Lipinski definition) is 1. The minimum absolute atomic E-state index is 0.00372. The summed E-state index contributed by atoms with van der Waals surface area (Å²) < 4.78 is 32.2. The maximum Gasteiger partial charge on any atom is 0.175 e. The lowest BCUT2D eigenvalue weighted by Crippen LogP contribution is -1.92. The van der Waals surface area contributed by atoms with Crippen LogP contribution >= 0.6 is 23.2 Å². The van der Waals surface area contributed by atoms with Crippen molar-refractivity contribution in [1.29, 1.82) is 0 Å². The molecule has 3 rings (SSSR count). The van der Waals surface area contributed by atoms with Crippen LogP contribution in [0, 0.1) is 11.6 Å². The zero-order valence-corrected chi connectivity index (χ0v) is 13.0. The number of hydrogen-bond acceptors (Lipinski definition) is 3. The van der Waals surface area contributed by atoms with Gasteiger partial charge in [-0.1, -0.05) is 34.4 Å². The largest absolute Gasteiger partial charge is 0.391 e. The van der Waals surface area contributed by atoms with Crippen molar-refractivity contribution in [2.75, 3.05) is 0 Å². The van der Waals surface area contributed by atoms with Crippen LogP contribution in [-0.2, 0) is 6.61 Å². The van der Waals surface area contributed by atoms with Crippen LogP contribution in [0.1, 0.15) is 5.56 Å². The van der Waals surface area contributed by atoms with Gasteiger partial charge in [-0.25, -0.2) is 8.78 Å². The van der Waals surface area contributed by atoms with Crippen LogP contribution < -0.4 is 0 Å². The molecule has 0 spiro atoms. The Morgan fingerprint density at radius 3 is 2.39 bits per heavy atom. The molecule has 23 heavy (non-hydrogen) atoms. The van der Waals surface area contributed by atoms with Gasteiger partial charge in [-0.3, -0.25) is 0 Å². The van der Waals surface area contributed by atoms with Gasteiger partial charge in [-0.05, 0) is 24.3 Å². The monoisotopic (exact) mass is 355 g/mol. The summed E-state index contributed by atoms with van der Waals surface area (Å²) in [7, 11) is 0. The van der Waals surface area contributed by atoms with Crippen molar-refractivity contribution in [2.45, 2.75) is 6.61 Å². The van der Waals surface area contributed by atoms with E-state index < -0.39 is 18.2 Å². The van der Waals surface area contributed by atoms with Crippen LogP contribution in [0.5, 0.6) is 0 Å². The van der Waals surface area contributed by atoms with Gasteiger partial charge in [0, 0.05) is 11.6 Å². The Bertz CT molecular complexity index is 860. The summed E-state index contributed by atoms with van der Waals surface area (Å²) in [5.41, 5.74) is 0.780. The van der Waals surface area contributed by atoms with Crippen molar-refractivity contribution in [1.82, 2.24) is 5.16 Å². The fraction of sp³-hybridized carbons (Fsp3) is 0.0625. The molecule has 1 heterocycles. The molecule has 0 aliphatic heterocycles. The molecular weight excluding hydrogens is 347 g/mol. The molecule has 0 radical (unpaired) electrons. The van der Waals surface area contributed by atoms with Crippen molar-refractivity contribution in [3.05, 3.63) is 63.6 Å². The van der Waals surface area contributed by atoms with Gasteiger partial charge in [0.2, 0.25) is 0 Å². The highest BCUT2D eigenvalue weighted by molar-refractivity contribution is 6.39. The first-order valence-electron chi connectivity index (χ1n) is 6.52. The second-order valence-corrected chi connectivity index (χ2v) is 5.53. The van der Waals surface area contributed by atoms with E-state index in [9.17, 15) is 13.9 Å². The molecule has 3 aromatic rings. The molecule has 0 aliphatic rings. The first-order valence-corrected chi connectivity index (χ1v) is 7.27. The topological polar surface area (TPSA) is 46.3 Å². The Kier molecular flexibility index (Phi) is 4.35. The summed E-state index contributed by atoms with van der Waals surface area (Å²) in [4.78, 5) is 0. The van der Waals surface area contributed by atoms with Crippen molar-refractivity contribution in [2.24, 2.45) is 0 Å². The summed E-state index contributed by atoms with van der Waals surface area (Å²) in [6, 6.07) is 7.90. The van der Waals surface area contributed by atoms with Crippen molar-refractivity contribution in [3.63, 3.8) is 0 Å². The van der Waals surface area contributed by atoms with Gasteiger partial charge < -0.3 is 9.63 Å². The first-order chi connectivity index (χ1) is 11.0. The van der Waals surface area contributed by atoms with Crippen LogP contribution in [0.25, 0.3) is 22.6 Å². The van der Waals surface area contributed by atoms with E-state index in [0.29, 0.717) is 15.6 Å². The second-order valence-electron chi connectivity index (χ2n) is 4.72. The van der Waals surface area contributed by atoms with Gasteiger partial charge in [-0.15, -0.1) is 0 Å². The highest BCUT2D eigenvalue weighted by Crippen LogP contribution is 2.39. The molecule has 0 atom stereocenters. The number of nitrogens with zero attached hydrogens (tertiary/aromatic N) is 1. The van der Waals surface area contributed by atoms with Gasteiger partial charge >= 0.3 is 0 Å². The SMILES string of the molecule is OCc1c(-c2c(Cl)cccc2Cl)noc1-c1ccc(F)cc1F. The van der Waals surface area contributed by atoms with Crippen LogP contribution in [0.4, 0.5) is 8.78 Å². The lowest BCUT2D eigenvalue weighted by atomic mass is 10.0. The van der Waals surface area contributed by atoms with E-state index in [4.69, 9.17) is 27.7 Å². The molecule has 0 aliphatic carbocycles. The lowest BCUT2D eigenvalue weighted by molar-refractivity contribution is 0.281. The third kappa shape index (κ3) is 2.83. The molecule has 7 heteroatoms. The Labute approximate surface area is 140 Å². The van der Waals surface area contributed by atoms with E-state index in [1.807, 2.05) is 0 Å². The molecule has 0 saturated carbocycles. The molecule has 1 N–H and O–H groups in total. The summed E-state index contributed by atoms with van der Waals surface area (Å²) in [6.45, 7) is -0.480. The summed E-state index contributed by atoms with van der Waals surface area (Å²) in [5, 5.41) is 14.1. The van der Waals surface area contributed by atoms with Crippen LogP contribution in [0.2, 0.25) is 10.0 Å². The van der Waals surface area contributed by atoms with E-state index >= 15 is 0 Å². The Balaban J connectivity index is 2.22.